The summed E-state index contributed by atoms with van der Waals surface area (Å²) in [6.07, 6.45) is 0. The van der Waals surface area contributed by atoms with E-state index >= 15 is 0 Å². The van der Waals surface area contributed by atoms with Gasteiger partial charge in [-0.15, -0.1) is 11.3 Å². The van der Waals surface area contributed by atoms with E-state index in [0.29, 0.717) is 11.6 Å². The Morgan fingerprint density at radius 1 is 1.38 bits per heavy atom. The van der Waals surface area contributed by atoms with Gasteiger partial charge in [-0.25, -0.2) is 4.98 Å². The second-order valence-electron chi connectivity index (χ2n) is 3.02. The van der Waals surface area contributed by atoms with Crippen molar-refractivity contribution in [3.63, 3.8) is 0 Å². The van der Waals surface area contributed by atoms with Crippen LogP contribution >= 0.6 is 11.3 Å². The Hall–Kier alpha value is -1.88. The highest BCUT2D eigenvalue weighted by Crippen LogP contribution is 2.09. The normalized spacial score (nSPS) is 9.75. The third-order valence-electron chi connectivity index (χ3n) is 1.81. The Labute approximate surface area is 96.9 Å². The molecule has 16 heavy (non-hydrogen) atoms. The Morgan fingerprint density at radius 3 is 2.88 bits per heavy atom. The third-order valence-corrected chi connectivity index (χ3v) is 2.40. The minimum atomic E-state index is -0.213. The van der Waals surface area contributed by atoms with E-state index in [9.17, 15) is 4.79 Å². The molecule has 5 heteroatoms. The summed E-state index contributed by atoms with van der Waals surface area (Å²) in [7, 11) is 0. The Balaban J connectivity index is 1.80. The molecule has 4 nitrogen and oxygen atoms in total. The number of carbonyl (C=O) groups is 1. The number of rotatable bonds is 4. The molecule has 0 fully saturated rings. The van der Waals surface area contributed by atoms with Crippen LogP contribution in [0.15, 0.2) is 41.2 Å². The van der Waals surface area contributed by atoms with Crippen molar-refractivity contribution in [2.45, 2.75) is 0 Å². The number of thiazole rings is 1. The fraction of sp³-hybridized carbons (Fsp3) is 0.0909. The van der Waals surface area contributed by atoms with Crippen molar-refractivity contribution < 1.29 is 9.53 Å². The Bertz CT molecular complexity index is 442. The zero-order valence-electron chi connectivity index (χ0n) is 8.42. The minimum Gasteiger partial charge on any atom is -0.484 e. The number of nitrogens with one attached hydrogen (secondary N) is 1. The first-order valence-electron chi connectivity index (χ1n) is 4.70. The number of hydrogen-bond acceptors (Lipinski definition) is 4. The lowest BCUT2D eigenvalue weighted by atomic mass is 10.3. The number of ether oxygens (including phenoxy) is 1. The smallest absolute Gasteiger partial charge is 0.263 e. The van der Waals surface area contributed by atoms with E-state index in [4.69, 9.17) is 4.74 Å². The highest BCUT2D eigenvalue weighted by Gasteiger charge is 2.04. The molecule has 1 amide bonds. The number of nitrogens with zero attached hydrogens (tertiary/aromatic N) is 1. The van der Waals surface area contributed by atoms with Crippen LogP contribution in [0.4, 0.5) is 5.82 Å². The molecule has 2 rings (SSSR count). The van der Waals surface area contributed by atoms with Crippen LogP contribution in [0.3, 0.4) is 0 Å². The monoisotopic (exact) mass is 234 g/mol. The van der Waals surface area contributed by atoms with Gasteiger partial charge in [0.1, 0.15) is 11.6 Å². The van der Waals surface area contributed by atoms with Crippen molar-refractivity contribution in [2.75, 3.05) is 11.9 Å². The first kappa shape index (κ1) is 10.6. The molecule has 0 atom stereocenters. The summed E-state index contributed by atoms with van der Waals surface area (Å²) >= 11 is 1.43. The van der Waals surface area contributed by atoms with Gasteiger partial charge in [-0.1, -0.05) is 18.2 Å². The summed E-state index contributed by atoms with van der Waals surface area (Å²) in [5, 5.41) is 4.39. The summed E-state index contributed by atoms with van der Waals surface area (Å²) in [5.74, 6) is 1.03. The van der Waals surface area contributed by atoms with Crippen molar-refractivity contribution in [1.29, 1.82) is 0 Å². The van der Waals surface area contributed by atoms with Crippen molar-refractivity contribution in [3.8, 4) is 5.75 Å². The molecule has 82 valence electrons. The molecule has 0 unspecified atom stereocenters. The number of carbonyl (C=O) groups excluding carboxylic acids is 1. The molecule has 2 aromatic rings. The molecule has 1 aromatic heterocycles. The molecule has 1 N–H and O–H groups in total. The number of amides is 1. The molecule has 0 spiro atoms. The van der Waals surface area contributed by atoms with Gasteiger partial charge in [0.25, 0.3) is 5.91 Å². The van der Waals surface area contributed by atoms with Crippen LogP contribution in [0.1, 0.15) is 0 Å². The van der Waals surface area contributed by atoms with E-state index in [-0.39, 0.29) is 12.5 Å². The summed E-state index contributed by atoms with van der Waals surface area (Å²) in [6.45, 7) is -0.0124. The lowest BCUT2D eigenvalue weighted by molar-refractivity contribution is -0.118. The van der Waals surface area contributed by atoms with Gasteiger partial charge in [0.05, 0.1) is 5.51 Å². The van der Waals surface area contributed by atoms with Crippen molar-refractivity contribution in [2.24, 2.45) is 0 Å². The van der Waals surface area contributed by atoms with Crippen molar-refractivity contribution >= 4 is 23.1 Å². The molecule has 0 aliphatic heterocycles. The molecule has 0 saturated heterocycles. The largest absolute Gasteiger partial charge is 0.484 e. The third kappa shape index (κ3) is 3.06. The van der Waals surface area contributed by atoms with Crippen LogP contribution in [0.2, 0.25) is 0 Å². The molecule has 0 bridgehead atoms. The topological polar surface area (TPSA) is 51.2 Å². The predicted molar refractivity (Wildman–Crippen MR) is 62.7 cm³/mol. The van der Waals surface area contributed by atoms with Crippen LogP contribution in [0, 0.1) is 0 Å². The van der Waals surface area contributed by atoms with Crippen LogP contribution in [-0.2, 0) is 4.79 Å². The SMILES string of the molecule is O=C(COc1ccccc1)Nc1cscn1. The van der Waals surface area contributed by atoms with Gasteiger partial charge >= 0.3 is 0 Å². The maximum Gasteiger partial charge on any atom is 0.263 e. The van der Waals surface area contributed by atoms with Crippen LogP contribution in [0.25, 0.3) is 0 Å². The number of aromatic nitrogens is 1. The van der Waals surface area contributed by atoms with Crippen LogP contribution in [-0.4, -0.2) is 17.5 Å². The maximum atomic E-state index is 11.4. The summed E-state index contributed by atoms with van der Waals surface area (Å²) in [6, 6.07) is 9.20. The standard InChI is InChI=1S/C11H10N2O2S/c14-11(13-10-7-16-8-12-10)6-15-9-4-2-1-3-5-9/h1-5,7-8H,6H2,(H,13,14). The van der Waals surface area contributed by atoms with Gasteiger partial charge in [0, 0.05) is 5.38 Å². The molecule has 1 aromatic carbocycles. The van der Waals surface area contributed by atoms with Crippen molar-refractivity contribution in [1.82, 2.24) is 4.98 Å². The molecule has 0 radical (unpaired) electrons. The second-order valence-corrected chi connectivity index (χ2v) is 3.74. The summed E-state index contributed by atoms with van der Waals surface area (Å²) in [4.78, 5) is 15.4. The van der Waals surface area contributed by atoms with E-state index in [1.807, 2.05) is 18.2 Å². The minimum absolute atomic E-state index is 0.0124. The molecule has 0 saturated carbocycles. The average molecular weight is 234 g/mol. The van der Waals surface area contributed by atoms with Gasteiger partial charge in [-0.2, -0.15) is 0 Å². The van der Waals surface area contributed by atoms with Gasteiger partial charge in [0.15, 0.2) is 6.61 Å². The molecule has 0 aliphatic carbocycles. The van der Waals surface area contributed by atoms with Gasteiger partial charge in [-0.05, 0) is 12.1 Å². The highest BCUT2D eigenvalue weighted by atomic mass is 32.1. The lowest BCUT2D eigenvalue weighted by Crippen LogP contribution is -2.20. The number of benzene rings is 1. The van der Waals surface area contributed by atoms with Gasteiger partial charge in [-0.3, -0.25) is 4.79 Å². The van der Waals surface area contributed by atoms with Crippen LogP contribution in [0.5, 0.6) is 5.75 Å². The molecule has 1 heterocycles. The lowest BCUT2D eigenvalue weighted by Gasteiger charge is -2.05. The Kier molecular flexibility index (Phi) is 3.50. The molecular formula is C11H10N2O2S. The zero-order valence-corrected chi connectivity index (χ0v) is 9.24. The first-order valence-corrected chi connectivity index (χ1v) is 5.65. The first-order chi connectivity index (χ1) is 7.84. The van der Waals surface area contributed by atoms with Gasteiger partial charge < -0.3 is 10.1 Å². The summed E-state index contributed by atoms with van der Waals surface area (Å²) < 4.78 is 5.28. The quantitative estimate of drug-likeness (QED) is 0.882. The van der Waals surface area contributed by atoms with Gasteiger partial charge in [0.2, 0.25) is 0 Å². The zero-order chi connectivity index (χ0) is 11.2. The van der Waals surface area contributed by atoms with Crippen LogP contribution < -0.4 is 10.1 Å². The number of para-hydroxylation sites is 1. The van der Waals surface area contributed by atoms with E-state index in [2.05, 4.69) is 10.3 Å². The summed E-state index contributed by atoms with van der Waals surface area (Å²) in [5.41, 5.74) is 1.66. The van der Waals surface area contributed by atoms with E-state index in [1.54, 1.807) is 23.0 Å². The van der Waals surface area contributed by atoms with E-state index in [0.717, 1.165) is 0 Å². The fourth-order valence-corrected chi connectivity index (χ4v) is 1.60. The molecular weight excluding hydrogens is 224 g/mol. The predicted octanol–water partition coefficient (Wildman–Crippen LogP) is 2.16. The van der Waals surface area contributed by atoms with E-state index < -0.39 is 0 Å². The molecule has 0 aliphatic rings. The Morgan fingerprint density at radius 2 is 2.19 bits per heavy atom. The maximum absolute atomic E-state index is 11.4. The number of hydrogen-bond donors (Lipinski definition) is 1. The average Bonchev–Trinajstić information content (AvgIpc) is 2.81. The highest BCUT2D eigenvalue weighted by molar-refractivity contribution is 7.07. The van der Waals surface area contributed by atoms with Crippen molar-refractivity contribution in [3.05, 3.63) is 41.2 Å². The van der Waals surface area contributed by atoms with E-state index in [1.165, 1.54) is 11.3 Å². The fourth-order valence-electron chi connectivity index (χ4n) is 1.12. The second kappa shape index (κ2) is 5.27. The number of anilines is 1.